The molecule has 1 aliphatic rings. The van der Waals surface area contributed by atoms with Gasteiger partial charge in [-0.2, -0.15) is 0 Å². The van der Waals surface area contributed by atoms with Crippen LogP contribution in [-0.2, 0) is 4.74 Å². The van der Waals surface area contributed by atoms with E-state index in [0.717, 1.165) is 43.0 Å². The second kappa shape index (κ2) is 4.86. The van der Waals surface area contributed by atoms with Gasteiger partial charge in [-0.1, -0.05) is 5.21 Å². The molecule has 1 unspecified atom stereocenters. The van der Waals surface area contributed by atoms with Crippen molar-refractivity contribution in [2.75, 3.05) is 13.2 Å². The quantitative estimate of drug-likeness (QED) is 0.809. The summed E-state index contributed by atoms with van der Waals surface area (Å²) in [4.78, 5) is 4.13. The molecule has 5 heteroatoms. The molecule has 0 aromatic carbocycles. The Labute approximate surface area is 106 Å². The molecular formula is C13H16N4O. The summed E-state index contributed by atoms with van der Waals surface area (Å²) in [5.41, 5.74) is 3.13. The highest BCUT2D eigenvalue weighted by Crippen LogP contribution is 2.24. The Morgan fingerprint density at radius 1 is 1.44 bits per heavy atom. The van der Waals surface area contributed by atoms with Crippen molar-refractivity contribution in [2.24, 2.45) is 0 Å². The minimum absolute atomic E-state index is 0.379. The van der Waals surface area contributed by atoms with E-state index < -0.39 is 0 Å². The topological polar surface area (TPSA) is 52.8 Å². The van der Waals surface area contributed by atoms with Crippen LogP contribution >= 0.6 is 0 Å². The van der Waals surface area contributed by atoms with Gasteiger partial charge in [-0.25, -0.2) is 4.68 Å². The van der Waals surface area contributed by atoms with Crippen LogP contribution < -0.4 is 0 Å². The zero-order valence-corrected chi connectivity index (χ0v) is 10.4. The first-order valence-electron chi connectivity index (χ1n) is 6.25. The number of nitrogens with zero attached hydrogens (tertiary/aromatic N) is 4. The van der Waals surface area contributed by atoms with Gasteiger partial charge in [-0.3, -0.25) is 4.98 Å². The minimum Gasteiger partial charge on any atom is -0.381 e. The molecule has 1 saturated heterocycles. The van der Waals surface area contributed by atoms with E-state index >= 15 is 0 Å². The number of aromatic nitrogens is 4. The van der Waals surface area contributed by atoms with Crippen LogP contribution in [0.15, 0.2) is 24.7 Å². The van der Waals surface area contributed by atoms with Gasteiger partial charge in [0.1, 0.15) is 0 Å². The van der Waals surface area contributed by atoms with Crippen LogP contribution in [-0.4, -0.2) is 33.2 Å². The highest BCUT2D eigenvalue weighted by molar-refractivity contribution is 5.36. The summed E-state index contributed by atoms with van der Waals surface area (Å²) >= 11 is 0. The fraction of sp³-hybridized carbons (Fsp3) is 0.462. The second-order valence-corrected chi connectivity index (χ2v) is 4.66. The van der Waals surface area contributed by atoms with Crippen molar-refractivity contribution in [1.29, 1.82) is 0 Å². The molecule has 2 aromatic heterocycles. The number of ether oxygens (including phenoxy) is 1. The van der Waals surface area contributed by atoms with Crippen LogP contribution in [0.1, 0.15) is 30.0 Å². The Morgan fingerprint density at radius 2 is 2.39 bits per heavy atom. The van der Waals surface area contributed by atoms with Gasteiger partial charge in [0.15, 0.2) is 0 Å². The average Bonchev–Trinajstić information content (AvgIpc) is 2.90. The molecule has 0 amide bonds. The largest absolute Gasteiger partial charge is 0.381 e. The van der Waals surface area contributed by atoms with Crippen molar-refractivity contribution >= 4 is 0 Å². The first-order chi connectivity index (χ1) is 8.84. The van der Waals surface area contributed by atoms with Crippen LogP contribution in [0.5, 0.6) is 0 Å². The summed E-state index contributed by atoms with van der Waals surface area (Å²) in [7, 11) is 0. The molecule has 2 aromatic rings. The molecule has 1 aliphatic heterocycles. The van der Waals surface area contributed by atoms with Crippen molar-refractivity contribution in [2.45, 2.75) is 25.7 Å². The molecule has 0 aliphatic carbocycles. The van der Waals surface area contributed by atoms with Gasteiger partial charge < -0.3 is 4.74 Å². The zero-order chi connectivity index (χ0) is 12.4. The molecule has 1 fully saturated rings. The predicted molar refractivity (Wildman–Crippen MR) is 66.7 cm³/mol. The Bertz CT molecular complexity index is 531. The molecule has 0 bridgehead atoms. The lowest BCUT2D eigenvalue weighted by Gasteiger charge is -2.19. The highest BCUT2D eigenvalue weighted by atomic mass is 16.5. The average molecular weight is 244 g/mol. The summed E-state index contributed by atoms with van der Waals surface area (Å²) in [6.07, 6.45) is 7.81. The second-order valence-electron chi connectivity index (χ2n) is 4.66. The van der Waals surface area contributed by atoms with E-state index in [1.165, 1.54) is 0 Å². The zero-order valence-electron chi connectivity index (χ0n) is 10.4. The number of hydrogen-bond donors (Lipinski definition) is 0. The third-order valence-corrected chi connectivity index (χ3v) is 3.35. The van der Waals surface area contributed by atoms with Crippen LogP contribution in [0.25, 0.3) is 5.69 Å². The molecule has 94 valence electrons. The first-order valence-corrected chi connectivity index (χ1v) is 6.25. The fourth-order valence-corrected chi connectivity index (χ4v) is 2.25. The fourth-order valence-electron chi connectivity index (χ4n) is 2.25. The van der Waals surface area contributed by atoms with Crippen molar-refractivity contribution in [3.8, 4) is 5.69 Å². The SMILES string of the molecule is Cc1ccncc1-n1cc(C2CCCOC2)nn1. The standard InChI is InChI=1S/C13H16N4O/c1-10-4-5-14-7-13(10)17-8-12(15-16-17)11-3-2-6-18-9-11/h4-5,7-8,11H,2-3,6,9H2,1H3. The van der Waals surface area contributed by atoms with Crippen LogP contribution in [0.2, 0.25) is 0 Å². The number of rotatable bonds is 2. The van der Waals surface area contributed by atoms with Gasteiger partial charge in [0, 0.05) is 18.7 Å². The lowest BCUT2D eigenvalue weighted by atomic mass is 9.99. The van der Waals surface area contributed by atoms with Crippen molar-refractivity contribution in [3.63, 3.8) is 0 Å². The molecule has 3 rings (SSSR count). The van der Waals surface area contributed by atoms with Crippen molar-refractivity contribution in [1.82, 2.24) is 20.0 Å². The summed E-state index contributed by atoms with van der Waals surface area (Å²) in [5, 5.41) is 8.46. The summed E-state index contributed by atoms with van der Waals surface area (Å²) in [5.74, 6) is 0.379. The van der Waals surface area contributed by atoms with Gasteiger partial charge in [0.2, 0.25) is 0 Å². The van der Waals surface area contributed by atoms with Gasteiger partial charge >= 0.3 is 0 Å². The Balaban J connectivity index is 1.87. The third kappa shape index (κ3) is 2.13. The molecular weight excluding hydrogens is 228 g/mol. The lowest BCUT2D eigenvalue weighted by molar-refractivity contribution is 0.0793. The molecule has 5 nitrogen and oxygen atoms in total. The maximum atomic E-state index is 5.49. The van der Waals surface area contributed by atoms with Crippen LogP contribution in [0.4, 0.5) is 0 Å². The van der Waals surface area contributed by atoms with Gasteiger partial charge in [0.05, 0.1) is 30.4 Å². The van der Waals surface area contributed by atoms with E-state index in [2.05, 4.69) is 15.3 Å². The summed E-state index contributed by atoms with van der Waals surface area (Å²) in [6, 6.07) is 1.97. The van der Waals surface area contributed by atoms with Crippen molar-refractivity contribution in [3.05, 3.63) is 35.9 Å². The smallest absolute Gasteiger partial charge is 0.0885 e. The molecule has 3 heterocycles. The normalized spacial score (nSPS) is 19.9. The molecule has 0 N–H and O–H groups in total. The molecule has 0 spiro atoms. The molecule has 1 atom stereocenters. The number of pyridine rings is 1. The number of aryl methyl sites for hydroxylation is 1. The van der Waals surface area contributed by atoms with Gasteiger partial charge in [-0.15, -0.1) is 5.10 Å². The van der Waals surface area contributed by atoms with Gasteiger partial charge in [-0.05, 0) is 31.4 Å². The minimum atomic E-state index is 0.379. The summed E-state index contributed by atoms with van der Waals surface area (Å²) in [6.45, 7) is 3.67. The van der Waals surface area contributed by atoms with Crippen molar-refractivity contribution < 1.29 is 4.74 Å². The maximum absolute atomic E-state index is 5.49. The van der Waals surface area contributed by atoms with E-state index in [4.69, 9.17) is 4.74 Å². The monoisotopic (exact) mass is 244 g/mol. The molecule has 18 heavy (non-hydrogen) atoms. The Hall–Kier alpha value is -1.75. The number of hydrogen-bond acceptors (Lipinski definition) is 4. The Kier molecular flexibility index (Phi) is 3.06. The predicted octanol–water partition coefficient (Wildman–Crippen LogP) is 1.86. The molecule has 0 saturated carbocycles. The highest BCUT2D eigenvalue weighted by Gasteiger charge is 2.19. The van der Waals surface area contributed by atoms with Crippen LogP contribution in [0.3, 0.4) is 0 Å². The Morgan fingerprint density at radius 3 is 3.17 bits per heavy atom. The van der Waals surface area contributed by atoms with Gasteiger partial charge in [0.25, 0.3) is 0 Å². The lowest BCUT2D eigenvalue weighted by Crippen LogP contribution is -2.15. The maximum Gasteiger partial charge on any atom is 0.0885 e. The van der Waals surface area contributed by atoms with E-state index in [1.807, 2.05) is 25.4 Å². The third-order valence-electron chi connectivity index (χ3n) is 3.35. The van der Waals surface area contributed by atoms with Crippen LogP contribution in [0, 0.1) is 6.92 Å². The van der Waals surface area contributed by atoms with E-state index in [1.54, 1.807) is 10.9 Å². The van der Waals surface area contributed by atoms with E-state index in [0.29, 0.717) is 5.92 Å². The van der Waals surface area contributed by atoms with E-state index in [-0.39, 0.29) is 0 Å². The molecule has 0 radical (unpaired) electrons. The van der Waals surface area contributed by atoms with E-state index in [9.17, 15) is 0 Å². The summed E-state index contributed by atoms with van der Waals surface area (Å²) < 4.78 is 7.28. The first kappa shape index (κ1) is 11.3.